The Bertz CT molecular complexity index is 530. The molecule has 0 saturated heterocycles. The van der Waals surface area contributed by atoms with Crippen molar-refractivity contribution >= 4 is 5.91 Å². The molecule has 0 aromatic carbocycles. The lowest BCUT2D eigenvalue weighted by molar-refractivity contribution is -0.124. The number of amides is 1. The Morgan fingerprint density at radius 3 is 2.82 bits per heavy atom. The van der Waals surface area contributed by atoms with Crippen LogP contribution in [0.25, 0.3) is 0 Å². The first kappa shape index (κ1) is 14.7. The summed E-state index contributed by atoms with van der Waals surface area (Å²) in [6, 6.07) is 0.289. The van der Waals surface area contributed by atoms with Crippen molar-refractivity contribution < 1.29 is 9.90 Å². The zero-order valence-corrected chi connectivity index (χ0v) is 14.0. The number of carbonyl (C=O) groups excluding carboxylic acids is 1. The van der Waals surface area contributed by atoms with Crippen molar-refractivity contribution in [2.45, 2.75) is 65.0 Å². The van der Waals surface area contributed by atoms with Crippen molar-refractivity contribution in [2.75, 3.05) is 0 Å². The van der Waals surface area contributed by atoms with Gasteiger partial charge in [0, 0.05) is 11.5 Å². The SMILES string of the molecule is C[C@H]1CC2NC(=O)C=C[C@]2(C)C2CC[C@]3(C)C[C@H](O)CC3C21. The normalized spacial score (nSPS) is 56.8. The summed E-state index contributed by atoms with van der Waals surface area (Å²) >= 11 is 0. The molecule has 3 fully saturated rings. The van der Waals surface area contributed by atoms with Crippen LogP contribution in [0, 0.1) is 34.5 Å². The van der Waals surface area contributed by atoms with E-state index in [2.05, 4.69) is 32.2 Å². The van der Waals surface area contributed by atoms with Crippen molar-refractivity contribution in [1.82, 2.24) is 5.32 Å². The maximum atomic E-state index is 11.8. The largest absolute Gasteiger partial charge is 0.393 e. The van der Waals surface area contributed by atoms with E-state index >= 15 is 0 Å². The van der Waals surface area contributed by atoms with Gasteiger partial charge in [-0.15, -0.1) is 0 Å². The number of hydrogen-bond donors (Lipinski definition) is 2. The van der Waals surface area contributed by atoms with Crippen molar-refractivity contribution in [2.24, 2.45) is 34.5 Å². The zero-order valence-electron chi connectivity index (χ0n) is 14.0. The third kappa shape index (κ3) is 1.87. The van der Waals surface area contributed by atoms with E-state index in [1.807, 2.05) is 0 Å². The Kier molecular flexibility index (Phi) is 3.08. The highest BCUT2D eigenvalue weighted by molar-refractivity contribution is 5.89. The summed E-state index contributed by atoms with van der Waals surface area (Å²) in [6.45, 7) is 7.13. The monoisotopic (exact) mass is 303 g/mol. The minimum absolute atomic E-state index is 0.0741. The molecule has 122 valence electrons. The molecular formula is C19H29NO2. The van der Waals surface area contributed by atoms with Crippen LogP contribution in [0.3, 0.4) is 0 Å². The second-order valence-electron chi connectivity index (χ2n) is 9.05. The lowest BCUT2D eigenvalue weighted by atomic mass is 9.46. The highest BCUT2D eigenvalue weighted by Crippen LogP contribution is 2.64. The molecule has 8 atom stereocenters. The standard InChI is InChI=1S/C19H29NO2/c1-11-8-15-19(3,7-5-16(22)20-15)13-4-6-18(2)10-12(21)9-14(18)17(11)13/h5,7,11-15,17,21H,4,6,8-10H2,1-3H3,(H,20,22)/t11-,12+,13?,14?,15?,17?,18+,19+/m0/s1. The third-order valence-corrected chi connectivity index (χ3v) is 7.80. The molecule has 0 aromatic rings. The summed E-state index contributed by atoms with van der Waals surface area (Å²) < 4.78 is 0. The quantitative estimate of drug-likeness (QED) is 0.723. The van der Waals surface area contributed by atoms with E-state index in [9.17, 15) is 9.90 Å². The van der Waals surface area contributed by atoms with Crippen LogP contribution in [0.15, 0.2) is 12.2 Å². The molecule has 3 nitrogen and oxygen atoms in total. The van der Waals surface area contributed by atoms with Gasteiger partial charge in [-0.25, -0.2) is 0 Å². The molecule has 3 aliphatic carbocycles. The maximum Gasteiger partial charge on any atom is 0.243 e. The predicted molar refractivity (Wildman–Crippen MR) is 86.0 cm³/mol. The number of aliphatic hydroxyl groups excluding tert-OH is 1. The first-order valence-electron chi connectivity index (χ1n) is 9.01. The van der Waals surface area contributed by atoms with E-state index in [4.69, 9.17) is 0 Å². The highest BCUT2D eigenvalue weighted by atomic mass is 16.3. The number of fused-ring (bicyclic) bond motifs is 5. The second kappa shape index (κ2) is 4.59. The molecule has 0 radical (unpaired) electrons. The van der Waals surface area contributed by atoms with Crippen molar-refractivity contribution in [3.8, 4) is 0 Å². The molecule has 4 aliphatic rings. The van der Waals surface area contributed by atoms with Crippen LogP contribution in [0.1, 0.15) is 52.9 Å². The van der Waals surface area contributed by atoms with Crippen molar-refractivity contribution in [3.05, 3.63) is 12.2 Å². The Morgan fingerprint density at radius 1 is 1.27 bits per heavy atom. The zero-order chi connectivity index (χ0) is 15.7. The summed E-state index contributed by atoms with van der Waals surface area (Å²) in [7, 11) is 0. The van der Waals surface area contributed by atoms with E-state index < -0.39 is 0 Å². The highest BCUT2D eigenvalue weighted by Gasteiger charge is 2.60. The van der Waals surface area contributed by atoms with Crippen LogP contribution < -0.4 is 5.32 Å². The molecule has 0 bridgehead atoms. The molecule has 4 unspecified atom stereocenters. The van der Waals surface area contributed by atoms with E-state index in [1.165, 1.54) is 12.8 Å². The molecule has 3 saturated carbocycles. The fraction of sp³-hybridized carbons (Fsp3) is 0.842. The molecule has 0 aromatic heterocycles. The molecule has 1 heterocycles. The van der Waals surface area contributed by atoms with E-state index in [0.29, 0.717) is 29.1 Å². The maximum absolute atomic E-state index is 11.8. The minimum atomic E-state index is -0.104. The van der Waals surface area contributed by atoms with Gasteiger partial charge in [0.25, 0.3) is 0 Å². The Morgan fingerprint density at radius 2 is 2.05 bits per heavy atom. The summed E-state index contributed by atoms with van der Waals surface area (Å²) in [5.41, 5.74) is 0.430. The van der Waals surface area contributed by atoms with Crippen LogP contribution in [0.2, 0.25) is 0 Å². The number of carbonyl (C=O) groups is 1. The van der Waals surface area contributed by atoms with Crippen LogP contribution >= 0.6 is 0 Å². The summed E-state index contributed by atoms with van der Waals surface area (Å²) in [4.78, 5) is 11.8. The molecule has 4 rings (SSSR count). The van der Waals surface area contributed by atoms with Crippen LogP contribution in [-0.2, 0) is 4.79 Å². The lowest BCUT2D eigenvalue weighted by Crippen LogP contribution is -2.61. The first-order chi connectivity index (χ1) is 10.3. The van der Waals surface area contributed by atoms with Gasteiger partial charge in [0.05, 0.1) is 6.10 Å². The smallest absolute Gasteiger partial charge is 0.243 e. The topological polar surface area (TPSA) is 49.3 Å². The number of nitrogens with one attached hydrogen (secondary N) is 1. The van der Waals surface area contributed by atoms with Gasteiger partial charge in [-0.2, -0.15) is 0 Å². The molecule has 1 aliphatic heterocycles. The predicted octanol–water partition coefficient (Wildman–Crippen LogP) is 2.89. The number of aliphatic hydroxyl groups is 1. The number of rotatable bonds is 0. The van der Waals surface area contributed by atoms with Gasteiger partial charge in [-0.3, -0.25) is 4.79 Å². The average Bonchev–Trinajstić information content (AvgIpc) is 2.75. The third-order valence-electron chi connectivity index (χ3n) is 7.80. The lowest BCUT2D eigenvalue weighted by Gasteiger charge is -2.60. The van der Waals surface area contributed by atoms with Crippen LogP contribution in [0.5, 0.6) is 0 Å². The fourth-order valence-corrected chi connectivity index (χ4v) is 6.71. The first-order valence-corrected chi connectivity index (χ1v) is 9.01. The summed E-state index contributed by atoms with van der Waals surface area (Å²) in [5, 5.41) is 13.5. The van der Waals surface area contributed by atoms with Crippen LogP contribution in [-0.4, -0.2) is 23.2 Å². The molecule has 1 amide bonds. The van der Waals surface area contributed by atoms with Gasteiger partial charge in [-0.05, 0) is 67.3 Å². The van der Waals surface area contributed by atoms with E-state index in [0.717, 1.165) is 19.3 Å². The van der Waals surface area contributed by atoms with Crippen LogP contribution in [0.4, 0.5) is 0 Å². The van der Waals surface area contributed by atoms with Crippen molar-refractivity contribution in [1.29, 1.82) is 0 Å². The molecular weight excluding hydrogens is 274 g/mol. The van der Waals surface area contributed by atoms with E-state index in [1.54, 1.807) is 6.08 Å². The fourth-order valence-electron chi connectivity index (χ4n) is 6.71. The second-order valence-corrected chi connectivity index (χ2v) is 9.05. The van der Waals surface area contributed by atoms with E-state index in [-0.39, 0.29) is 23.5 Å². The van der Waals surface area contributed by atoms with Gasteiger partial charge in [0.15, 0.2) is 0 Å². The number of hydrogen-bond acceptors (Lipinski definition) is 2. The Balaban J connectivity index is 1.72. The summed E-state index contributed by atoms with van der Waals surface area (Å²) in [6.07, 6.45) is 9.37. The van der Waals surface area contributed by atoms with Gasteiger partial charge >= 0.3 is 0 Å². The van der Waals surface area contributed by atoms with Crippen molar-refractivity contribution in [3.63, 3.8) is 0 Å². The Labute approximate surface area is 133 Å². The van der Waals surface area contributed by atoms with Gasteiger partial charge < -0.3 is 10.4 Å². The average molecular weight is 303 g/mol. The minimum Gasteiger partial charge on any atom is -0.393 e. The molecule has 3 heteroatoms. The summed E-state index contributed by atoms with van der Waals surface area (Å²) in [5.74, 6) is 2.69. The molecule has 0 spiro atoms. The van der Waals surface area contributed by atoms with Gasteiger partial charge in [0.2, 0.25) is 5.91 Å². The van der Waals surface area contributed by atoms with Gasteiger partial charge in [0.1, 0.15) is 0 Å². The molecule has 22 heavy (non-hydrogen) atoms. The van der Waals surface area contributed by atoms with Gasteiger partial charge in [-0.1, -0.05) is 26.8 Å². The Hall–Kier alpha value is -0.830. The molecule has 2 N–H and O–H groups in total.